The number of amides is 1. The van der Waals surface area contributed by atoms with Crippen LogP contribution in [0.4, 0.5) is 5.69 Å². The average molecular weight is 390 g/mol. The number of anilines is 1. The van der Waals surface area contributed by atoms with Crippen molar-refractivity contribution in [1.29, 1.82) is 0 Å². The molecule has 1 aliphatic rings. The van der Waals surface area contributed by atoms with E-state index in [0.29, 0.717) is 16.3 Å². The Hall–Kier alpha value is -2.11. The highest BCUT2D eigenvalue weighted by molar-refractivity contribution is 7.94. The molecule has 1 amide bonds. The highest BCUT2D eigenvalue weighted by atomic mass is 35.5. The maximum Gasteiger partial charge on any atom is 0.258 e. The number of carbonyl (C=O) groups excluding carboxylic acids is 1. The summed E-state index contributed by atoms with van der Waals surface area (Å²) in [6.45, 7) is 5.80. The average Bonchev–Trinajstić information content (AvgIpc) is 2.93. The first kappa shape index (κ1) is 18.7. The number of benzene rings is 2. The van der Waals surface area contributed by atoms with E-state index in [4.69, 9.17) is 11.6 Å². The van der Waals surface area contributed by atoms with Gasteiger partial charge in [-0.2, -0.15) is 0 Å². The Balaban J connectivity index is 2.07. The monoisotopic (exact) mass is 389 g/mol. The lowest BCUT2D eigenvalue weighted by atomic mass is 10.0. The standard InChI is InChI=1S/C20H20ClNO3S/c1-13-4-6-16(10-15(13)3)20(23)22(18-8-9-26(24,25)12-18)17-7-5-14(2)19(21)11-17/h4-11,18H,12H2,1-3H3/t18-/m1/s1. The molecule has 1 aliphatic heterocycles. The van der Waals surface area contributed by atoms with Crippen LogP contribution in [0.5, 0.6) is 0 Å². The second kappa shape index (κ2) is 6.89. The van der Waals surface area contributed by atoms with E-state index >= 15 is 0 Å². The molecule has 26 heavy (non-hydrogen) atoms. The zero-order valence-corrected chi connectivity index (χ0v) is 16.4. The minimum Gasteiger partial charge on any atom is -0.300 e. The lowest BCUT2D eigenvalue weighted by Crippen LogP contribution is -2.41. The van der Waals surface area contributed by atoms with Crippen LogP contribution in [0.15, 0.2) is 47.9 Å². The fourth-order valence-corrected chi connectivity index (χ4v) is 4.37. The Labute approximate surface area is 159 Å². The van der Waals surface area contributed by atoms with Crippen LogP contribution in [0, 0.1) is 20.8 Å². The van der Waals surface area contributed by atoms with E-state index in [9.17, 15) is 13.2 Å². The number of aryl methyl sites for hydroxylation is 3. The van der Waals surface area contributed by atoms with E-state index in [1.54, 1.807) is 24.3 Å². The molecule has 0 N–H and O–H groups in total. The molecule has 0 bridgehead atoms. The van der Waals surface area contributed by atoms with E-state index in [-0.39, 0.29) is 11.7 Å². The highest BCUT2D eigenvalue weighted by Gasteiger charge is 2.32. The van der Waals surface area contributed by atoms with Crippen molar-refractivity contribution in [3.8, 4) is 0 Å². The van der Waals surface area contributed by atoms with Gasteiger partial charge in [-0.1, -0.05) is 23.7 Å². The van der Waals surface area contributed by atoms with Crippen molar-refractivity contribution in [3.05, 3.63) is 75.2 Å². The first-order chi connectivity index (χ1) is 12.2. The number of hydrogen-bond acceptors (Lipinski definition) is 3. The van der Waals surface area contributed by atoms with Crippen molar-refractivity contribution in [2.75, 3.05) is 10.7 Å². The van der Waals surface area contributed by atoms with Gasteiger partial charge in [0.25, 0.3) is 5.91 Å². The molecule has 1 heterocycles. The van der Waals surface area contributed by atoms with E-state index < -0.39 is 15.9 Å². The van der Waals surface area contributed by atoms with Gasteiger partial charge in [0.2, 0.25) is 0 Å². The molecule has 0 saturated carbocycles. The topological polar surface area (TPSA) is 54.5 Å². The van der Waals surface area contributed by atoms with Crippen LogP contribution in [0.3, 0.4) is 0 Å². The molecular formula is C20H20ClNO3S. The zero-order valence-electron chi connectivity index (χ0n) is 14.9. The van der Waals surface area contributed by atoms with Crippen molar-refractivity contribution in [2.45, 2.75) is 26.8 Å². The van der Waals surface area contributed by atoms with Crippen LogP contribution in [-0.4, -0.2) is 26.1 Å². The molecule has 0 aromatic heterocycles. The van der Waals surface area contributed by atoms with Gasteiger partial charge in [-0.05, 0) is 67.8 Å². The molecule has 0 fully saturated rings. The molecular weight excluding hydrogens is 370 g/mol. The fraction of sp³-hybridized carbons (Fsp3) is 0.250. The van der Waals surface area contributed by atoms with Crippen molar-refractivity contribution in [2.24, 2.45) is 0 Å². The second-order valence-electron chi connectivity index (χ2n) is 6.63. The molecule has 6 heteroatoms. The molecule has 0 aliphatic carbocycles. The van der Waals surface area contributed by atoms with Crippen molar-refractivity contribution >= 4 is 33.0 Å². The van der Waals surface area contributed by atoms with Gasteiger partial charge in [0.05, 0.1) is 11.8 Å². The molecule has 3 rings (SSSR count). The smallest absolute Gasteiger partial charge is 0.258 e. The summed E-state index contributed by atoms with van der Waals surface area (Å²) in [6.07, 6.45) is 1.56. The van der Waals surface area contributed by atoms with Crippen LogP contribution in [0.2, 0.25) is 5.02 Å². The van der Waals surface area contributed by atoms with Crippen LogP contribution in [0.25, 0.3) is 0 Å². The van der Waals surface area contributed by atoms with Crippen molar-refractivity contribution in [3.63, 3.8) is 0 Å². The van der Waals surface area contributed by atoms with Crippen LogP contribution in [0.1, 0.15) is 27.0 Å². The first-order valence-corrected chi connectivity index (χ1v) is 10.4. The molecule has 136 valence electrons. The molecule has 0 spiro atoms. The molecule has 1 atom stereocenters. The Morgan fingerprint density at radius 3 is 2.31 bits per heavy atom. The summed E-state index contributed by atoms with van der Waals surface area (Å²) in [5, 5.41) is 1.71. The first-order valence-electron chi connectivity index (χ1n) is 8.26. The summed E-state index contributed by atoms with van der Waals surface area (Å²) in [7, 11) is -3.30. The normalized spacial score (nSPS) is 18.1. The summed E-state index contributed by atoms with van der Waals surface area (Å²) >= 11 is 6.24. The third kappa shape index (κ3) is 3.69. The van der Waals surface area contributed by atoms with Gasteiger partial charge in [-0.15, -0.1) is 0 Å². The third-order valence-electron chi connectivity index (χ3n) is 4.65. The lowest BCUT2D eigenvalue weighted by Gasteiger charge is -2.28. The Bertz CT molecular complexity index is 1010. The largest absolute Gasteiger partial charge is 0.300 e. The van der Waals surface area contributed by atoms with Crippen molar-refractivity contribution < 1.29 is 13.2 Å². The van der Waals surface area contributed by atoms with Crippen LogP contribution >= 0.6 is 11.6 Å². The Morgan fingerprint density at radius 2 is 1.73 bits per heavy atom. The minimum absolute atomic E-state index is 0.130. The zero-order chi connectivity index (χ0) is 19.1. The molecule has 2 aromatic rings. The number of rotatable bonds is 3. The number of halogens is 1. The van der Waals surface area contributed by atoms with Gasteiger partial charge < -0.3 is 4.90 Å². The van der Waals surface area contributed by atoms with E-state index in [0.717, 1.165) is 16.7 Å². The SMILES string of the molecule is Cc1ccc(C(=O)N(c2ccc(C)c(Cl)c2)[C@@H]2C=CS(=O)(=O)C2)cc1C. The molecule has 2 aromatic carbocycles. The maximum atomic E-state index is 13.3. The maximum absolute atomic E-state index is 13.3. The van der Waals surface area contributed by atoms with Gasteiger partial charge >= 0.3 is 0 Å². The van der Waals surface area contributed by atoms with Crippen LogP contribution < -0.4 is 4.90 Å². The summed E-state index contributed by atoms with van der Waals surface area (Å²) in [5.74, 6) is -0.380. The van der Waals surface area contributed by atoms with Gasteiger partial charge in [0.15, 0.2) is 9.84 Å². The Kier molecular flexibility index (Phi) is 4.95. The number of sulfone groups is 1. The summed E-state index contributed by atoms with van der Waals surface area (Å²) in [5.41, 5.74) is 4.09. The predicted molar refractivity (Wildman–Crippen MR) is 106 cm³/mol. The molecule has 0 saturated heterocycles. The van der Waals surface area contributed by atoms with Gasteiger partial charge in [-0.25, -0.2) is 8.42 Å². The quantitative estimate of drug-likeness (QED) is 0.789. The van der Waals surface area contributed by atoms with Gasteiger partial charge in [0, 0.05) is 21.7 Å². The molecule has 0 unspecified atom stereocenters. The summed E-state index contributed by atoms with van der Waals surface area (Å²) in [6, 6.07) is 10.2. The summed E-state index contributed by atoms with van der Waals surface area (Å²) in [4.78, 5) is 14.8. The van der Waals surface area contributed by atoms with Gasteiger partial charge in [0.1, 0.15) is 0 Å². The lowest BCUT2D eigenvalue weighted by molar-refractivity contribution is 0.0983. The van der Waals surface area contributed by atoms with Crippen LogP contribution in [-0.2, 0) is 9.84 Å². The summed E-state index contributed by atoms with van der Waals surface area (Å²) < 4.78 is 23.8. The third-order valence-corrected chi connectivity index (χ3v) is 6.43. The van der Waals surface area contributed by atoms with E-state index in [1.165, 1.54) is 10.3 Å². The highest BCUT2D eigenvalue weighted by Crippen LogP contribution is 2.29. The van der Waals surface area contributed by atoms with Gasteiger partial charge in [-0.3, -0.25) is 4.79 Å². The molecule has 0 radical (unpaired) electrons. The predicted octanol–water partition coefficient (Wildman–Crippen LogP) is 4.22. The van der Waals surface area contributed by atoms with E-state index in [1.807, 2.05) is 39.0 Å². The van der Waals surface area contributed by atoms with E-state index in [2.05, 4.69) is 0 Å². The molecule has 4 nitrogen and oxygen atoms in total. The number of hydrogen-bond donors (Lipinski definition) is 0. The Morgan fingerprint density at radius 1 is 1.04 bits per heavy atom. The fourth-order valence-electron chi connectivity index (χ4n) is 2.92. The number of nitrogens with zero attached hydrogens (tertiary/aromatic N) is 1. The minimum atomic E-state index is -3.30. The number of carbonyl (C=O) groups is 1. The second-order valence-corrected chi connectivity index (χ2v) is 8.97. The van der Waals surface area contributed by atoms with Crippen molar-refractivity contribution in [1.82, 2.24) is 0 Å².